The molecule has 0 aromatic heterocycles. The van der Waals surface area contributed by atoms with Crippen LogP contribution in [-0.2, 0) is 9.59 Å². The van der Waals surface area contributed by atoms with Gasteiger partial charge in [-0.2, -0.15) is 0 Å². The molecule has 0 heterocycles. The van der Waals surface area contributed by atoms with Crippen molar-refractivity contribution in [3.05, 3.63) is 22.2 Å². The minimum absolute atomic E-state index is 0.0155. The van der Waals surface area contributed by atoms with Crippen molar-refractivity contribution >= 4 is 51.7 Å². The molecule has 0 aliphatic heterocycles. The molecule has 29 heavy (non-hydrogen) atoms. The zero-order valence-electron chi connectivity index (χ0n) is 18.0. The average molecular weight is 458 g/mol. The van der Waals surface area contributed by atoms with Crippen LogP contribution in [0.2, 0.25) is 10.0 Å². The zero-order chi connectivity index (χ0) is 21.7. The number of carbonyl (C=O) groups excluding carboxylic acids is 2. The summed E-state index contributed by atoms with van der Waals surface area (Å²) in [4.78, 5) is 26.7. The first-order chi connectivity index (χ1) is 13.6. The summed E-state index contributed by atoms with van der Waals surface area (Å²) in [5, 5.41) is 3.89. The number of nitrogens with one attached hydrogen (secondary N) is 1. The van der Waals surface area contributed by atoms with Gasteiger partial charge in [-0.15, -0.1) is 0 Å². The van der Waals surface area contributed by atoms with Gasteiger partial charge in [0.2, 0.25) is 5.91 Å². The topological polar surface area (TPSA) is 46.2 Å². The first-order valence-corrected chi connectivity index (χ1v) is 12.2. The monoisotopic (exact) mass is 457 g/mol. The molecule has 2 rings (SSSR count). The number of halogens is 2. The fourth-order valence-corrected chi connectivity index (χ4v) is 5.05. The summed E-state index contributed by atoms with van der Waals surface area (Å²) in [5.74, 6) is 0.0525. The number of amides is 1. The van der Waals surface area contributed by atoms with Gasteiger partial charge in [0.05, 0.1) is 15.7 Å². The van der Waals surface area contributed by atoms with Gasteiger partial charge in [-0.25, -0.2) is 0 Å². The number of rotatable bonds is 7. The van der Waals surface area contributed by atoms with Gasteiger partial charge < -0.3 is 5.32 Å². The lowest BCUT2D eigenvalue weighted by molar-refractivity contribution is -0.128. The van der Waals surface area contributed by atoms with Crippen molar-refractivity contribution in [1.29, 1.82) is 0 Å². The standard InChI is InChI=1S/C23H33Cl2NO2S/c1-5-6-8-11-23(12-9-7-10-13-23)20(27)26-18-14-16(24)17(25)15-19(18)29-21(28)22(2,3)4/h14-15H,5-13H2,1-4H3,(H,26,27). The van der Waals surface area contributed by atoms with E-state index in [1.807, 2.05) is 20.8 Å². The highest BCUT2D eigenvalue weighted by Crippen LogP contribution is 2.44. The van der Waals surface area contributed by atoms with E-state index in [2.05, 4.69) is 12.2 Å². The molecule has 0 atom stereocenters. The van der Waals surface area contributed by atoms with Crippen molar-refractivity contribution in [3.63, 3.8) is 0 Å². The van der Waals surface area contributed by atoms with Gasteiger partial charge in [-0.1, -0.05) is 89.4 Å². The van der Waals surface area contributed by atoms with Gasteiger partial charge in [-0.05, 0) is 43.2 Å². The molecular weight excluding hydrogens is 425 g/mol. The van der Waals surface area contributed by atoms with Crippen molar-refractivity contribution < 1.29 is 9.59 Å². The summed E-state index contributed by atoms with van der Waals surface area (Å²) >= 11 is 13.6. The van der Waals surface area contributed by atoms with Crippen molar-refractivity contribution in [1.82, 2.24) is 0 Å². The summed E-state index contributed by atoms with van der Waals surface area (Å²) in [6.07, 6.45) is 9.48. The molecule has 1 saturated carbocycles. The average Bonchev–Trinajstić information content (AvgIpc) is 2.65. The molecule has 0 bridgehead atoms. The van der Waals surface area contributed by atoms with E-state index in [1.165, 1.54) is 6.42 Å². The highest BCUT2D eigenvalue weighted by molar-refractivity contribution is 8.13. The Balaban J connectivity index is 2.29. The predicted molar refractivity (Wildman–Crippen MR) is 125 cm³/mol. The van der Waals surface area contributed by atoms with E-state index in [1.54, 1.807) is 12.1 Å². The van der Waals surface area contributed by atoms with E-state index in [9.17, 15) is 9.59 Å². The van der Waals surface area contributed by atoms with Crippen molar-refractivity contribution in [2.75, 3.05) is 5.32 Å². The van der Waals surface area contributed by atoms with E-state index in [0.29, 0.717) is 20.6 Å². The van der Waals surface area contributed by atoms with Crippen LogP contribution in [0.4, 0.5) is 5.69 Å². The third kappa shape index (κ3) is 6.63. The maximum atomic E-state index is 13.4. The number of hydrogen-bond acceptors (Lipinski definition) is 3. The number of thioether (sulfide) groups is 1. The number of hydrogen-bond donors (Lipinski definition) is 1. The Morgan fingerprint density at radius 3 is 2.28 bits per heavy atom. The lowest BCUT2D eigenvalue weighted by Gasteiger charge is -2.36. The Kier molecular flexibility index (Phi) is 8.93. The number of carbonyl (C=O) groups is 2. The lowest BCUT2D eigenvalue weighted by atomic mass is 9.70. The molecule has 0 saturated heterocycles. The van der Waals surface area contributed by atoms with Gasteiger partial charge >= 0.3 is 0 Å². The predicted octanol–water partition coefficient (Wildman–Crippen LogP) is 8.13. The molecule has 0 unspecified atom stereocenters. The molecule has 1 amide bonds. The molecule has 0 radical (unpaired) electrons. The molecule has 1 N–H and O–H groups in total. The van der Waals surface area contributed by atoms with E-state index in [0.717, 1.165) is 63.1 Å². The highest BCUT2D eigenvalue weighted by atomic mass is 35.5. The fourth-order valence-electron chi connectivity index (χ4n) is 3.75. The Hall–Kier alpha value is -0.710. The van der Waals surface area contributed by atoms with Gasteiger partial charge in [0.1, 0.15) is 0 Å². The zero-order valence-corrected chi connectivity index (χ0v) is 20.3. The van der Waals surface area contributed by atoms with Crippen LogP contribution in [0.5, 0.6) is 0 Å². The van der Waals surface area contributed by atoms with E-state index in [-0.39, 0.29) is 16.4 Å². The molecule has 6 heteroatoms. The SMILES string of the molecule is CCCCCC1(C(=O)Nc2cc(Cl)c(Cl)cc2SC(=O)C(C)(C)C)CCCCC1. The van der Waals surface area contributed by atoms with Gasteiger partial charge in [0.25, 0.3) is 0 Å². The Morgan fingerprint density at radius 2 is 1.69 bits per heavy atom. The van der Waals surface area contributed by atoms with Crippen molar-refractivity contribution in [2.45, 2.75) is 90.4 Å². The summed E-state index contributed by atoms with van der Waals surface area (Å²) in [7, 11) is 0. The van der Waals surface area contributed by atoms with Crippen molar-refractivity contribution in [3.8, 4) is 0 Å². The van der Waals surface area contributed by atoms with Crippen LogP contribution >= 0.6 is 35.0 Å². The van der Waals surface area contributed by atoms with Crippen LogP contribution in [0.1, 0.15) is 85.5 Å². The van der Waals surface area contributed by atoms with E-state index < -0.39 is 5.41 Å². The third-order valence-corrected chi connectivity index (χ3v) is 7.71. The van der Waals surface area contributed by atoms with Gasteiger partial charge in [0.15, 0.2) is 5.12 Å². The molecule has 1 aliphatic rings. The van der Waals surface area contributed by atoms with E-state index >= 15 is 0 Å². The second-order valence-electron chi connectivity index (χ2n) is 9.15. The smallest absolute Gasteiger partial charge is 0.230 e. The van der Waals surface area contributed by atoms with Gasteiger partial charge in [0, 0.05) is 15.7 Å². The van der Waals surface area contributed by atoms with Crippen LogP contribution in [0.25, 0.3) is 0 Å². The van der Waals surface area contributed by atoms with Crippen LogP contribution in [-0.4, -0.2) is 11.0 Å². The number of anilines is 1. The third-order valence-electron chi connectivity index (χ3n) is 5.64. The van der Waals surface area contributed by atoms with Crippen LogP contribution in [0.3, 0.4) is 0 Å². The Labute approximate surface area is 189 Å². The maximum Gasteiger partial charge on any atom is 0.230 e. The maximum absolute atomic E-state index is 13.4. The molecule has 1 aromatic rings. The summed E-state index contributed by atoms with van der Waals surface area (Å²) in [5.41, 5.74) is -0.245. The highest BCUT2D eigenvalue weighted by Gasteiger charge is 2.39. The molecule has 1 fully saturated rings. The molecular formula is C23H33Cl2NO2S. The molecule has 0 spiro atoms. The second-order valence-corrected chi connectivity index (χ2v) is 11.0. The summed E-state index contributed by atoms with van der Waals surface area (Å²) < 4.78 is 0. The Bertz CT molecular complexity index is 737. The first kappa shape index (κ1) is 24.6. The Morgan fingerprint density at radius 1 is 1.07 bits per heavy atom. The minimum Gasteiger partial charge on any atom is -0.325 e. The van der Waals surface area contributed by atoms with Crippen LogP contribution < -0.4 is 5.32 Å². The van der Waals surface area contributed by atoms with Gasteiger partial charge in [-0.3, -0.25) is 9.59 Å². The molecule has 162 valence electrons. The van der Waals surface area contributed by atoms with Crippen LogP contribution in [0, 0.1) is 10.8 Å². The molecule has 1 aromatic carbocycles. The number of benzene rings is 1. The largest absolute Gasteiger partial charge is 0.325 e. The first-order valence-electron chi connectivity index (χ1n) is 10.6. The fraction of sp³-hybridized carbons (Fsp3) is 0.652. The quantitative estimate of drug-likeness (QED) is 0.331. The molecule has 3 nitrogen and oxygen atoms in total. The summed E-state index contributed by atoms with van der Waals surface area (Å²) in [6.45, 7) is 7.81. The molecule has 1 aliphatic carbocycles. The summed E-state index contributed by atoms with van der Waals surface area (Å²) in [6, 6.07) is 3.35. The van der Waals surface area contributed by atoms with E-state index in [4.69, 9.17) is 23.2 Å². The second kappa shape index (κ2) is 10.5. The number of unbranched alkanes of at least 4 members (excludes halogenated alkanes) is 2. The normalized spacial score (nSPS) is 16.5. The van der Waals surface area contributed by atoms with Crippen molar-refractivity contribution in [2.24, 2.45) is 10.8 Å². The minimum atomic E-state index is -0.497. The van der Waals surface area contributed by atoms with Crippen LogP contribution in [0.15, 0.2) is 17.0 Å². The lowest BCUT2D eigenvalue weighted by Crippen LogP contribution is -2.38.